The molecule has 0 aromatic heterocycles. The third kappa shape index (κ3) is 4.25. The molecule has 0 spiro atoms. The highest BCUT2D eigenvalue weighted by Crippen LogP contribution is 2.41. The zero-order valence-corrected chi connectivity index (χ0v) is 13.1. The Morgan fingerprint density at radius 3 is 2.86 bits per heavy atom. The predicted molar refractivity (Wildman–Crippen MR) is 80.9 cm³/mol. The zero-order chi connectivity index (χ0) is 15.3. The molecule has 0 unspecified atom stereocenters. The first-order chi connectivity index (χ1) is 10.1. The van der Waals surface area contributed by atoms with Crippen LogP contribution in [-0.4, -0.2) is 32.2 Å². The summed E-state index contributed by atoms with van der Waals surface area (Å²) < 4.78 is 16.1. The third-order valence-electron chi connectivity index (χ3n) is 3.66. The second kappa shape index (κ2) is 7.00. The molecule has 118 valence electrons. The zero-order valence-electron chi connectivity index (χ0n) is 13.1. The first-order valence-electron chi connectivity index (χ1n) is 7.34. The van der Waals surface area contributed by atoms with Crippen molar-refractivity contribution in [1.82, 2.24) is 5.32 Å². The lowest BCUT2D eigenvalue weighted by Crippen LogP contribution is -2.29. The first-order valence-corrected chi connectivity index (χ1v) is 7.34. The van der Waals surface area contributed by atoms with Crippen LogP contribution in [0, 0.1) is 5.41 Å². The van der Waals surface area contributed by atoms with Crippen LogP contribution in [0.2, 0.25) is 0 Å². The van der Waals surface area contributed by atoms with Crippen molar-refractivity contribution < 1.29 is 19.3 Å². The highest BCUT2D eigenvalue weighted by atomic mass is 16.7. The molecule has 0 saturated heterocycles. The molecule has 0 saturated carbocycles. The van der Waals surface area contributed by atoms with E-state index in [1.54, 1.807) is 7.11 Å². The lowest BCUT2D eigenvalue weighted by Gasteiger charge is -2.24. The molecule has 1 heterocycles. The maximum absolute atomic E-state index is 8.92. The van der Waals surface area contributed by atoms with Gasteiger partial charge in [-0.05, 0) is 36.0 Å². The average molecular weight is 295 g/mol. The van der Waals surface area contributed by atoms with E-state index in [-0.39, 0.29) is 18.8 Å². The number of aliphatic hydroxyl groups excluding tert-OH is 1. The molecule has 1 aliphatic heterocycles. The van der Waals surface area contributed by atoms with Gasteiger partial charge in [-0.1, -0.05) is 13.8 Å². The molecule has 0 atom stereocenters. The van der Waals surface area contributed by atoms with E-state index in [1.807, 2.05) is 12.1 Å². The summed E-state index contributed by atoms with van der Waals surface area (Å²) in [5.74, 6) is 2.14. The van der Waals surface area contributed by atoms with Gasteiger partial charge < -0.3 is 24.6 Å². The summed E-state index contributed by atoms with van der Waals surface area (Å²) in [7, 11) is 1.63. The Balaban J connectivity index is 1.92. The lowest BCUT2D eigenvalue weighted by atomic mass is 9.88. The van der Waals surface area contributed by atoms with Gasteiger partial charge in [0.1, 0.15) is 0 Å². The Kier molecular flexibility index (Phi) is 5.31. The number of rotatable bonds is 8. The van der Waals surface area contributed by atoms with Crippen molar-refractivity contribution in [2.45, 2.75) is 33.2 Å². The van der Waals surface area contributed by atoms with Crippen molar-refractivity contribution in [2.24, 2.45) is 5.41 Å². The van der Waals surface area contributed by atoms with E-state index < -0.39 is 0 Å². The minimum Gasteiger partial charge on any atom is -0.493 e. The van der Waals surface area contributed by atoms with Gasteiger partial charge in [0.15, 0.2) is 11.5 Å². The smallest absolute Gasteiger partial charge is 0.231 e. The van der Waals surface area contributed by atoms with E-state index >= 15 is 0 Å². The van der Waals surface area contributed by atoms with Crippen LogP contribution in [0.1, 0.15) is 32.3 Å². The van der Waals surface area contributed by atoms with E-state index in [2.05, 4.69) is 19.2 Å². The van der Waals surface area contributed by atoms with Crippen LogP contribution in [0.3, 0.4) is 0 Å². The largest absolute Gasteiger partial charge is 0.493 e. The number of ether oxygens (including phenoxy) is 3. The molecule has 2 N–H and O–H groups in total. The van der Waals surface area contributed by atoms with E-state index in [1.165, 1.54) is 0 Å². The van der Waals surface area contributed by atoms with Gasteiger partial charge in [0, 0.05) is 19.7 Å². The molecule has 1 aromatic rings. The summed E-state index contributed by atoms with van der Waals surface area (Å²) in [6, 6.07) is 3.96. The number of benzene rings is 1. The normalized spacial score (nSPS) is 13.5. The van der Waals surface area contributed by atoms with Crippen molar-refractivity contribution in [3.05, 3.63) is 17.7 Å². The molecular weight excluding hydrogens is 270 g/mol. The summed E-state index contributed by atoms with van der Waals surface area (Å²) in [6.07, 6.45) is 1.84. The molecule has 0 aliphatic carbocycles. The van der Waals surface area contributed by atoms with E-state index in [0.717, 1.165) is 37.2 Å². The highest BCUT2D eigenvalue weighted by molar-refractivity contribution is 5.55. The van der Waals surface area contributed by atoms with Gasteiger partial charge in [0.2, 0.25) is 12.5 Å². The summed E-state index contributed by atoms with van der Waals surface area (Å²) in [4.78, 5) is 0. The second-order valence-electron chi connectivity index (χ2n) is 6.13. The van der Waals surface area contributed by atoms with Crippen LogP contribution in [0.25, 0.3) is 0 Å². The Morgan fingerprint density at radius 2 is 2.14 bits per heavy atom. The maximum Gasteiger partial charge on any atom is 0.231 e. The SMILES string of the molecule is COc1cc(CNCC(C)(C)CCCO)cc2c1OCO2. The van der Waals surface area contributed by atoms with E-state index in [4.69, 9.17) is 19.3 Å². The van der Waals surface area contributed by atoms with Gasteiger partial charge in [-0.25, -0.2) is 0 Å². The van der Waals surface area contributed by atoms with Crippen molar-refractivity contribution in [2.75, 3.05) is 27.1 Å². The van der Waals surface area contributed by atoms with Gasteiger partial charge in [0.05, 0.1) is 7.11 Å². The fourth-order valence-electron chi connectivity index (χ4n) is 2.48. The van der Waals surface area contributed by atoms with Crippen molar-refractivity contribution in [3.8, 4) is 17.2 Å². The summed E-state index contributed by atoms with van der Waals surface area (Å²) >= 11 is 0. The van der Waals surface area contributed by atoms with Gasteiger partial charge in [-0.3, -0.25) is 0 Å². The molecule has 1 aromatic carbocycles. The number of hydrogen-bond donors (Lipinski definition) is 2. The van der Waals surface area contributed by atoms with Crippen molar-refractivity contribution in [1.29, 1.82) is 0 Å². The average Bonchev–Trinajstić information content (AvgIpc) is 2.92. The number of aliphatic hydroxyl groups is 1. The molecule has 2 rings (SSSR count). The number of methoxy groups -OCH3 is 1. The highest BCUT2D eigenvalue weighted by Gasteiger charge is 2.21. The van der Waals surface area contributed by atoms with Crippen LogP contribution in [0.15, 0.2) is 12.1 Å². The molecule has 5 heteroatoms. The van der Waals surface area contributed by atoms with Crippen LogP contribution < -0.4 is 19.5 Å². The monoisotopic (exact) mass is 295 g/mol. The molecule has 0 amide bonds. The first kappa shape index (κ1) is 15.9. The van der Waals surface area contributed by atoms with E-state index in [9.17, 15) is 0 Å². The lowest BCUT2D eigenvalue weighted by molar-refractivity contribution is 0.171. The van der Waals surface area contributed by atoms with Gasteiger partial charge in [-0.15, -0.1) is 0 Å². The Hall–Kier alpha value is -1.46. The topological polar surface area (TPSA) is 60.0 Å². The van der Waals surface area contributed by atoms with Gasteiger partial charge in [-0.2, -0.15) is 0 Å². The Bertz CT molecular complexity index is 474. The number of hydrogen-bond acceptors (Lipinski definition) is 5. The molecule has 0 radical (unpaired) electrons. The summed E-state index contributed by atoms with van der Waals surface area (Å²) in [5.41, 5.74) is 1.28. The number of nitrogens with one attached hydrogen (secondary N) is 1. The minimum atomic E-state index is 0.170. The second-order valence-corrected chi connectivity index (χ2v) is 6.13. The quantitative estimate of drug-likeness (QED) is 0.770. The summed E-state index contributed by atoms with van der Waals surface area (Å²) in [6.45, 7) is 6.55. The fourth-order valence-corrected chi connectivity index (χ4v) is 2.48. The molecule has 21 heavy (non-hydrogen) atoms. The molecule has 0 bridgehead atoms. The van der Waals surface area contributed by atoms with Crippen LogP contribution in [-0.2, 0) is 6.54 Å². The Labute approximate surface area is 126 Å². The predicted octanol–water partition coefficient (Wildman–Crippen LogP) is 2.31. The van der Waals surface area contributed by atoms with Crippen LogP contribution in [0.4, 0.5) is 0 Å². The molecule has 5 nitrogen and oxygen atoms in total. The number of fused-ring (bicyclic) bond motifs is 1. The Morgan fingerprint density at radius 1 is 1.33 bits per heavy atom. The van der Waals surface area contributed by atoms with Gasteiger partial charge in [0.25, 0.3) is 0 Å². The van der Waals surface area contributed by atoms with Crippen molar-refractivity contribution >= 4 is 0 Å². The van der Waals surface area contributed by atoms with Crippen LogP contribution in [0.5, 0.6) is 17.2 Å². The molecular formula is C16H25NO4. The standard InChI is InChI=1S/C16H25NO4/c1-16(2,5-4-6-18)10-17-9-12-7-13(19-3)15-14(8-12)20-11-21-15/h7-8,17-18H,4-6,9-11H2,1-3H3. The van der Waals surface area contributed by atoms with Crippen molar-refractivity contribution in [3.63, 3.8) is 0 Å². The molecule has 1 aliphatic rings. The van der Waals surface area contributed by atoms with Crippen LogP contribution >= 0.6 is 0 Å². The molecule has 0 fully saturated rings. The fraction of sp³-hybridized carbons (Fsp3) is 0.625. The summed E-state index contributed by atoms with van der Waals surface area (Å²) in [5, 5.41) is 12.4. The minimum absolute atomic E-state index is 0.170. The van der Waals surface area contributed by atoms with E-state index in [0.29, 0.717) is 11.5 Å². The third-order valence-corrected chi connectivity index (χ3v) is 3.66. The van der Waals surface area contributed by atoms with Gasteiger partial charge >= 0.3 is 0 Å². The maximum atomic E-state index is 8.92.